The van der Waals surface area contributed by atoms with Crippen LogP contribution >= 0.6 is 11.3 Å². The number of nitro groups is 1. The molecule has 0 saturated heterocycles. The molecule has 2 aliphatic heterocycles. The first-order chi connectivity index (χ1) is 16.4. The van der Waals surface area contributed by atoms with Crippen LogP contribution in [0.4, 0.5) is 5.88 Å². The number of aromatic nitrogens is 1. The van der Waals surface area contributed by atoms with Crippen molar-refractivity contribution in [1.82, 2.24) is 4.57 Å². The second-order valence-electron chi connectivity index (χ2n) is 7.33. The van der Waals surface area contributed by atoms with E-state index in [0.29, 0.717) is 27.6 Å². The molecule has 34 heavy (non-hydrogen) atoms. The smallest absolute Gasteiger partial charge is 0.433 e. The Morgan fingerprint density at radius 3 is 2.85 bits per heavy atom. The van der Waals surface area contributed by atoms with Gasteiger partial charge in [-0.05, 0) is 37.6 Å². The quantitative estimate of drug-likeness (QED) is 0.306. The lowest BCUT2D eigenvalue weighted by Gasteiger charge is -2.22. The molecule has 11 nitrogen and oxygen atoms in total. The van der Waals surface area contributed by atoms with Crippen molar-refractivity contribution in [3.63, 3.8) is 0 Å². The molecule has 1 atom stereocenters. The van der Waals surface area contributed by atoms with Gasteiger partial charge in [0, 0.05) is 11.8 Å². The van der Waals surface area contributed by atoms with Gasteiger partial charge >= 0.3 is 11.9 Å². The number of fused-ring (bicyclic) bond motifs is 2. The number of esters is 1. The Morgan fingerprint density at radius 1 is 1.32 bits per heavy atom. The van der Waals surface area contributed by atoms with Crippen LogP contribution < -0.4 is 24.4 Å². The number of thiazole rings is 1. The monoisotopic (exact) mass is 483 g/mol. The van der Waals surface area contributed by atoms with Gasteiger partial charge in [-0.3, -0.25) is 19.5 Å². The van der Waals surface area contributed by atoms with Gasteiger partial charge in [0.2, 0.25) is 6.79 Å². The van der Waals surface area contributed by atoms with Gasteiger partial charge in [0.05, 0.1) is 18.2 Å². The molecule has 0 aliphatic carbocycles. The number of ether oxygens (including phenoxy) is 3. The van der Waals surface area contributed by atoms with Crippen LogP contribution in [-0.2, 0) is 9.53 Å². The highest BCUT2D eigenvalue weighted by Gasteiger charge is 2.32. The number of carbonyl (C=O) groups is 1. The van der Waals surface area contributed by atoms with E-state index in [0.717, 1.165) is 11.3 Å². The van der Waals surface area contributed by atoms with Crippen LogP contribution in [0, 0.1) is 10.1 Å². The molecule has 2 aromatic heterocycles. The predicted molar refractivity (Wildman–Crippen MR) is 119 cm³/mol. The third-order valence-corrected chi connectivity index (χ3v) is 6.30. The molecule has 174 valence electrons. The first-order valence-electron chi connectivity index (χ1n) is 10.2. The number of rotatable bonds is 5. The number of nitrogens with zero attached hydrogens (tertiary/aromatic N) is 3. The summed E-state index contributed by atoms with van der Waals surface area (Å²) in [5.74, 6) is 0.275. The summed E-state index contributed by atoms with van der Waals surface area (Å²) in [5.41, 5.74) is 0.864. The normalized spacial score (nSPS) is 16.9. The van der Waals surface area contributed by atoms with Gasteiger partial charge in [-0.2, -0.15) is 0 Å². The van der Waals surface area contributed by atoms with E-state index >= 15 is 0 Å². The number of hydrogen-bond acceptors (Lipinski definition) is 10. The number of carbonyl (C=O) groups excluding carboxylic acids is 1. The minimum atomic E-state index is -0.732. The summed E-state index contributed by atoms with van der Waals surface area (Å²) in [6.07, 6.45) is 1.41. The summed E-state index contributed by atoms with van der Waals surface area (Å²) in [5, 5.41) is 10.9. The summed E-state index contributed by atoms with van der Waals surface area (Å²) in [4.78, 5) is 41.4. The van der Waals surface area contributed by atoms with E-state index in [9.17, 15) is 19.7 Å². The van der Waals surface area contributed by atoms with Gasteiger partial charge < -0.3 is 18.6 Å². The molecule has 0 spiro atoms. The summed E-state index contributed by atoms with van der Waals surface area (Å²) in [6, 6.07) is 7.15. The molecule has 0 saturated carbocycles. The SMILES string of the molecule is CCOC(=O)C1=C(C)n2c(s/c(=C/c3ccc([N+](=O)[O-])o3)c2=O)=N[C@@H]1c1ccc2c(c1)OCO2. The zero-order valence-electron chi connectivity index (χ0n) is 18.0. The maximum Gasteiger partial charge on any atom is 0.433 e. The van der Waals surface area contributed by atoms with Gasteiger partial charge in [0.25, 0.3) is 5.56 Å². The summed E-state index contributed by atoms with van der Waals surface area (Å²) in [6.45, 7) is 3.61. The molecule has 0 bridgehead atoms. The van der Waals surface area contributed by atoms with Crippen LogP contribution in [0.5, 0.6) is 11.5 Å². The van der Waals surface area contributed by atoms with Crippen molar-refractivity contribution in [2.45, 2.75) is 19.9 Å². The fourth-order valence-corrected chi connectivity index (χ4v) is 4.81. The summed E-state index contributed by atoms with van der Waals surface area (Å²) < 4.78 is 22.8. The second kappa shape index (κ2) is 8.30. The molecule has 5 rings (SSSR count). The minimum Gasteiger partial charge on any atom is -0.463 e. The van der Waals surface area contributed by atoms with E-state index in [1.807, 2.05) is 0 Å². The number of allylic oxidation sites excluding steroid dienone is 1. The van der Waals surface area contributed by atoms with Crippen molar-refractivity contribution < 1.29 is 28.3 Å². The van der Waals surface area contributed by atoms with E-state index in [2.05, 4.69) is 0 Å². The topological polar surface area (TPSA) is 135 Å². The van der Waals surface area contributed by atoms with Crippen molar-refractivity contribution in [2.75, 3.05) is 13.4 Å². The maximum absolute atomic E-state index is 13.2. The van der Waals surface area contributed by atoms with E-state index in [1.165, 1.54) is 22.8 Å². The lowest BCUT2D eigenvalue weighted by molar-refractivity contribution is -0.402. The lowest BCUT2D eigenvalue weighted by atomic mass is 9.96. The Kier molecular flexibility index (Phi) is 5.28. The molecule has 0 unspecified atom stereocenters. The largest absolute Gasteiger partial charge is 0.463 e. The molecule has 0 N–H and O–H groups in total. The molecular formula is C22H17N3O8S. The van der Waals surface area contributed by atoms with Crippen molar-refractivity contribution in [1.29, 1.82) is 0 Å². The van der Waals surface area contributed by atoms with Crippen molar-refractivity contribution >= 4 is 35.0 Å². The first kappa shape index (κ1) is 21.6. The minimum absolute atomic E-state index is 0.106. The highest BCUT2D eigenvalue weighted by atomic mass is 32.1. The van der Waals surface area contributed by atoms with Gasteiger partial charge in [0.15, 0.2) is 16.3 Å². The molecular weight excluding hydrogens is 466 g/mol. The first-order valence-corrected chi connectivity index (χ1v) is 11.0. The molecule has 12 heteroatoms. The highest BCUT2D eigenvalue weighted by molar-refractivity contribution is 7.07. The fourth-order valence-electron chi connectivity index (χ4n) is 3.79. The van der Waals surface area contributed by atoms with Gasteiger partial charge in [0.1, 0.15) is 21.3 Å². The molecule has 3 aromatic rings. The Labute approximate surface area is 195 Å². The van der Waals surface area contributed by atoms with Crippen LogP contribution in [0.1, 0.15) is 31.2 Å². The van der Waals surface area contributed by atoms with Crippen LogP contribution in [-0.4, -0.2) is 28.9 Å². The van der Waals surface area contributed by atoms with E-state index < -0.39 is 28.4 Å². The number of hydrogen-bond donors (Lipinski definition) is 0. The van der Waals surface area contributed by atoms with Crippen molar-refractivity contribution in [2.24, 2.45) is 4.99 Å². The molecule has 1 aromatic carbocycles. The zero-order valence-corrected chi connectivity index (χ0v) is 18.8. The van der Waals surface area contributed by atoms with Crippen LogP contribution in [0.3, 0.4) is 0 Å². The van der Waals surface area contributed by atoms with Gasteiger partial charge in [-0.1, -0.05) is 17.4 Å². The van der Waals surface area contributed by atoms with Crippen molar-refractivity contribution in [3.05, 3.63) is 77.0 Å². The molecule has 0 amide bonds. The summed E-state index contributed by atoms with van der Waals surface area (Å²) in [7, 11) is 0. The standard InChI is InChI=1S/C22H17N3O8S/c1-3-30-21(27)18-11(2)24-20(26)16(9-13-5-7-17(33-13)25(28)29)34-22(24)23-19(18)12-4-6-14-15(8-12)32-10-31-14/h4-9,19H,3,10H2,1-2H3/b16-9+/t19-/m1/s1. The molecule has 4 heterocycles. The van der Waals surface area contributed by atoms with Crippen LogP contribution in [0.25, 0.3) is 11.8 Å². The zero-order chi connectivity index (χ0) is 24.0. The van der Waals surface area contributed by atoms with E-state index in [4.69, 9.17) is 23.6 Å². The van der Waals surface area contributed by atoms with Crippen LogP contribution in [0.15, 0.2) is 50.1 Å². The summed E-state index contributed by atoms with van der Waals surface area (Å²) >= 11 is 1.09. The predicted octanol–water partition coefficient (Wildman–Crippen LogP) is 2.14. The van der Waals surface area contributed by atoms with E-state index in [1.54, 1.807) is 32.0 Å². The fraction of sp³-hybridized carbons (Fsp3) is 0.227. The maximum atomic E-state index is 13.2. The Bertz CT molecular complexity index is 1540. The molecule has 0 fully saturated rings. The van der Waals surface area contributed by atoms with Gasteiger partial charge in [-0.15, -0.1) is 0 Å². The Hall–Kier alpha value is -4.19. The van der Waals surface area contributed by atoms with E-state index in [-0.39, 0.29) is 29.3 Å². The lowest BCUT2D eigenvalue weighted by Crippen LogP contribution is -2.35. The third kappa shape index (κ3) is 3.57. The number of benzene rings is 1. The van der Waals surface area contributed by atoms with Crippen LogP contribution in [0.2, 0.25) is 0 Å². The average Bonchev–Trinajstić information content (AvgIpc) is 3.53. The molecule has 2 aliphatic rings. The Morgan fingerprint density at radius 2 is 2.12 bits per heavy atom. The Balaban J connectivity index is 1.68. The highest BCUT2D eigenvalue weighted by Crippen LogP contribution is 2.38. The average molecular weight is 483 g/mol. The number of furan rings is 1. The molecule has 0 radical (unpaired) electrons. The third-order valence-electron chi connectivity index (χ3n) is 5.32. The van der Waals surface area contributed by atoms with Crippen molar-refractivity contribution in [3.8, 4) is 11.5 Å². The second-order valence-corrected chi connectivity index (χ2v) is 8.34. The van der Waals surface area contributed by atoms with Gasteiger partial charge in [-0.25, -0.2) is 9.79 Å².